The smallest absolute Gasteiger partial charge is 0.790 e. The Morgan fingerprint density at radius 1 is 0.769 bits per heavy atom. The topological polar surface area (TPSA) is 72.4 Å². The van der Waals surface area contributed by atoms with E-state index in [0.29, 0.717) is 17.8 Å². The molecular weight excluding hydrogens is 359 g/mol. The fourth-order valence-corrected chi connectivity index (χ4v) is 3.69. The fourth-order valence-electron chi connectivity index (χ4n) is 3.32. The molecule has 3 atom stereocenters. The van der Waals surface area contributed by atoms with Gasteiger partial charge >= 0.3 is 23.1 Å². The molecule has 0 fully saturated rings. The van der Waals surface area contributed by atoms with Crippen LogP contribution in [0.25, 0.3) is 0 Å². The minimum Gasteiger partial charge on any atom is -0.790 e. The van der Waals surface area contributed by atoms with Crippen molar-refractivity contribution in [2.24, 2.45) is 29.6 Å². The Morgan fingerprint density at radius 2 is 1.27 bits per heavy atom. The average molecular weight is 401 g/mol. The van der Waals surface area contributed by atoms with Gasteiger partial charge in [-0.15, -0.1) is 0 Å². The van der Waals surface area contributed by atoms with Crippen LogP contribution in [-0.4, -0.2) is 29.7 Å². The molecule has 152 valence electrons. The van der Waals surface area contributed by atoms with Crippen molar-refractivity contribution >= 4 is 30.9 Å². The molecule has 0 saturated heterocycles. The van der Waals surface area contributed by atoms with Crippen LogP contribution in [-0.2, 0) is 9.09 Å². The summed E-state index contributed by atoms with van der Waals surface area (Å²) in [6.45, 7) is 13.4. The predicted octanol–water partition coefficient (Wildman–Crippen LogP) is 4.77. The number of hydrogen-bond donors (Lipinski definition) is 0. The van der Waals surface area contributed by atoms with E-state index in [2.05, 4.69) is 46.1 Å². The van der Waals surface area contributed by atoms with Crippen LogP contribution in [0.4, 0.5) is 0 Å². The van der Waals surface area contributed by atoms with Crippen LogP contribution in [0.1, 0.15) is 92.9 Å². The average Bonchev–Trinajstić information content (AvgIpc) is 2.45. The first-order chi connectivity index (χ1) is 11.5. The molecule has 0 amide bonds. The molecule has 0 aromatic carbocycles. The van der Waals surface area contributed by atoms with E-state index in [9.17, 15) is 14.4 Å². The summed E-state index contributed by atoms with van der Waals surface area (Å²) in [4.78, 5) is 21.7. The zero-order valence-electron chi connectivity index (χ0n) is 18.0. The number of hydrogen-bond acceptors (Lipinski definition) is 4. The maximum Gasteiger partial charge on any atom is 2.00 e. The molecule has 0 aromatic rings. The Labute approximate surface area is 178 Å². The van der Waals surface area contributed by atoms with Gasteiger partial charge in [0.05, 0.1) is 14.4 Å². The SMILES string of the molecule is CC(C)CCCC(C)CCC(COP(=O)([O-])[O-])C(C)CCCC(C)C.[Mg+2]. The largest absolute Gasteiger partial charge is 2.00 e. The van der Waals surface area contributed by atoms with E-state index in [0.717, 1.165) is 31.6 Å². The van der Waals surface area contributed by atoms with E-state index in [1.807, 2.05) is 0 Å². The monoisotopic (exact) mass is 400 g/mol. The molecule has 26 heavy (non-hydrogen) atoms. The van der Waals surface area contributed by atoms with Crippen molar-refractivity contribution in [3.8, 4) is 0 Å². The fraction of sp³-hybridized carbons (Fsp3) is 1.00. The molecule has 0 aromatic heterocycles. The zero-order chi connectivity index (χ0) is 19.5. The third-order valence-corrected chi connectivity index (χ3v) is 5.67. The van der Waals surface area contributed by atoms with E-state index in [4.69, 9.17) is 0 Å². The van der Waals surface area contributed by atoms with Crippen molar-refractivity contribution < 1.29 is 18.9 Å². The Morgan fingerprint density at radius 3 is 1.73 bits per heavy atom. The summed E-state index contributed by atoms with van der Waals surface area (Å²) in [5, 5.41) is 0. The first-order valence-corrected chi connectivity index (χ1v) is 11.6. The van der Waals surface area contributed by atoms with Gasteiger partial charge in [-0.1, -0.05) is 86.5 Å². The second-order valence-electron chi connectivity index (χ2n) is 8.81. The van der Waals surface area contributed by atoms with E-state index < -0.39 is 7.82 Å². The van der Waals surface area contributed by atoms with Gasteiger partial charge in [0.15, 0.2) is 0 Å². The van der Waals surface area contributed by atoms with Crippen molar-refractivity contribution in [1.29, 1.82) is 0 Å². The summed E-state index contributed by atoms with van der Waals surface area (Å²) in [6.07, 6.45) is 9.13. The summed E-state index contributed by atoms with van der Waals surface area (Å²) in [5.74, 6) is 2.60. The van der Waals surface area contributed by atoms with Crippen LogP contribution < -0.4 is 9.79 Å². The first-order valence-electron chi connectivity index (χ1n) is 10.2. The predicted molar refractivity (Wildman–Crippen MR) is 108 cm³/mol. The van der Waals surface area contributed by atoms with Crippen LogP contribution in [0.5, 0.6) is 0 Å². The third-order valence-electron chi connectivity index (χ3n) is 5.20. The van der Waals surface area contributed by atoms with Crippen molar-refractivity contribution in [2.75, 3.05) is 6.61 Å². The Kier molecular flexibility index (Phi) is 17.6. The van der Waals surface area contributed by atoms with E-state index >= 15 is 0 Å². The Bertz CT molecular complexity index is 371. The molecule has 0 bridgehead atoms. The van der Waals surface area contributed by atoms with Gasteiger partial charge in [-0.3, -0.25) is 0 Å². The number of phosphoric ester groups is 1. The molecule has 0 rings (SSSR count). The molecule has 0 radical (unpaired) electrons. The van der Waals surface area contributed by atoms with Crippen LogP contribution >= 0.6 is 7.82 Å². The van der Waals surface area contributed by atoms with Gasteiger partial charge in [-0.25, -0.2) is 0 Å². The molecule has 0 aliphatic rings. The van der Waals surface area contributed by atoms with Crippen LogP contribution in [0, 0.1) is 29.6 Å². The maximum atomic E-state index is 10.9. The zero-order valence-corrected chi connectivity index (χ0v) is 20.3. The molecule has 0 spiro atoms. The standard InChI is InChI=1S/C20H43O4P.Mg/c1-16(2)9-7-11-18(5)13-14-20(15-24-25(21,22)23)19(6)12-8-10-17(3)4;/h16-20H,7-15H2,1-6H3,(H2,21,22,23);/q;+2/p-2. The molecule has 0 aliphatic heterocycles. The quantitative estimate of drug-likeness (QED) is 0.293. The molecule has 0 aliphatic carbocycles. The normalized spacial score (nSPS) is 15.8. The second-order valence-corrected chi connectivity index (χ2v) is 9.96. The molecule has 6 heteroatoms. The van der Waals surface area contributed by atoms with Gasteiger partial charge in [0.1, 0.15) is 0 Å². The van der Waals surface area contributed by atoms with Crippen LogP contribution in [0.3, 0.4) is 0 Å². The molecular formula is C20H41MgO4P. The summed E-state index contributed by atoms with van der Waals surface area (Å²) >= 11 is 0. The molecule has 0 heterocycles. The molecule has 4 nitrogen and oxygen atoms in total. The Balaban J connectivity index is 0. The van der Waals surface area contributed by atoms with Gasteiger partial charge in [-0.2, -0.15) is 0 Å². The number of rotatable bonds is 15. The summed E-state index contributed by atoms with van der Waals surface area (Å²) in [7, 11) is -4.88. The van der Waals surface area contributed by atoms with Crippen molar-refractivity contribution in [2.45, 2.75) is 92.9 Å². The first kappa shape index (κ1) is 29.1. The van der Waals surface area contributed by atoms with Gasteiger partial charge < -0.3 is 18.9 Å². The van der Waals surface area contributed by atoms with Crippen molar-refractivity contribution in [1.82, 2.24) is 0 Å². The van der Waals surface area contributed by atoms with Crippen LogP contribution in [0.15, 0.2) is 0 Å². The number of phosphoric acid groups is 1. The van der Waals surface area contributed by atoms with Crippen molar-refractivity contribution in [3.63, 3.8) is 0 Å². The van der Waals surface area contributed by atoms with E-state index in [1.54, 1.807) is 0 Å². The summed E-state index contributed by atoms with van der Waals surface area (Å²) < 4.78 is 15.5. The van der Waals surface area contributed by atoms with Gasteiger partial charge in [0, 0.05) is 0 Å². The molecule has 0 saturated carbocycles. The summed E-state index contributed by atoms with van der Waals surface area (Å²) in [6, 6.07) is 0. The van der Waals surface area contributed by atoms with E-state index in [1.165, 1.54) is 25.7 Å². The van der Waals surface area contributed by atoms with E-state index in [-0.39, 0.29) is 35.6 Å². The van der Waals surface area contributed by atoms with Gasteiger partial charge in [0.2, 0.25) is 0 Å². The minimum absolute atomic E-state index is 0. The summed E-state index contributed by atoms with van der Waals surface area (Å²) in [5.41, 5.74) is 0. The Hall–Kier alpha value is 0.876. The van der Waals surface area contributed by atoms with Gasteiger partial charge in [-0.05, 0) is 36.0 Å². The maximum absolute atomic E-state index is 10.9. The second kappa shape index (κ2) is 15.8. The minimum atomic E-state index is -4.88. The molecule has 3 unspecified atom stereocenters. The molecule has 0 N–H and O–H groups in total. The van der Waals surface area contributed by atoms with Crippen molar-refractivity contribution in [3.05, 3.63) is 0 Å². The van der Waals surface area contributed by atoms with Crippen LogP contribution in [0.2, 0.25) is 0 Å². The third kappa shape index (κ3) is 18.2. The van der Waals surface area contributed by atoms with Gasteiger partial charge in [0.25, 0.3) is 0 Å².